The third-order valence-corrected chi connectivity index (χ3v) is 5.47. The molecule has 1 aliphatic rings. The number of phenols is 1. The SMILES string of the molecule is Oc1ccc(-c2ccccc2)cc1CN1CCN(c2ccccc2Cl)CC1. The molecule has 4 rings (SSSR count). The standard InChI is InChI=1S/C23H23ClN2O/c24-21-8-4-5-9-22(21)26-14-12-25(13-15-26)17-20-16-19(10-11-23(20)27)18-6-2-1-3-7-18/h1-11,16,27H,12-15,17H2. The van der Waals surface area contributed by atoms with Gasteiger partial charge in [0.2, 0.25) is 0 Å². The monoisotopic (exact) mass is 378 g/mol. The van der Waals surface area contributed by atoms with E-state index in [9.17, 15) is 5.11 Å². The van der Waals surface area contributed by atoms with Crippen LogP contribution in [0.5, 0.6) is 5.75 Å². The number of aromatic hydroxyl groups is 1. The Hall–Kier alpha value is -2.49. The van der Waals surface area contributed by atoms with Crippen molar-refractivity contribution in [2.24, 2.45) is 0 Å². The third-order valence-electron chi connectivity index (χ3n) is 5.15. The fourth-order valence-corrected chi connectivity index (χ4v) is 3.87. The van der Waals surface area contributed by atoms with E-state index in [-0.39, 0.29) is 0 Å². The van der Waals surface area contributed by atoms with Gasteiger partial charge in [0.1, 0.15) is 5.75 Å². The molecule has 1 N–H and O–H groups in total. The van der Waals surface area contributed by atoms with Crippen LogP contribution in [0, 0.1) is 0 Å². The molecule has 0 unspecified atom stereocenters. The van der Waals surface area contributed by atoms with Gasteiger partial charge < -0.3 is 10.0 Å². The van der Waals surface area contributed by atoms with Crippen LogP contribution in [-0.4, -0.2) is 36.2 Å². The van der Waals surface area contributed by atoms with Crippen LogP contribution in [0.4, 0.5) is 5.69 Å². The lowest BCUT2D eigenvalue weighted by Crippen LogP contribution is -2.46. The fraction of sp³-hybridized carbons (Fsp3) is 0.217. The summed E-state index contributed by atoms with van der Waals surface area (Å²) in [6, 6.07) is 24.2. The van der Waals surface area contributed by atoms with Gasteiger partial charge in [0, 0.05) is 38.3 Å². The van der Waals surface area contributed by atoms with E-state index < -0.39 is 0 Å². The number of hydrogen-bond donors (Lipinski definition) is 1. The van der Waals surface area contributed by atoms with Crippen molar-refractivity contribution in [1.29, 1.82) is 0 Å². The topological polar surface area (TPSA) is 26.7 Å². The summed E-state index contributed by atoms with van der Waals surface area (Å²) in [6.07, 6.45) is 0. The number of hydrogen-bond acceptors (Lipinski definition) is 3. The first-order valence-corrected chi connectivity index (χ1v) is 9.67. The zero-order valence-corrected chi connectivity index (χ0v) is 15.9. The summed E-state index contributed by atoms with van der Waals surface area (Å²) in [5.74, 6) is 0.364. The molecule has 0 aromatic heterocycles. The zero-order chi connectivity index (χ0) is 18.6. The van der Waals surface area contributed by atoms with Gasteiger partial charge in [0.05, 0.1) is 10.7 Å². The van der Waals surface area contributed by atoms with Crippen molar-refractivity contribution in [2.75, 3.05) is 31.1 Å². The summed E-state index contributed by atoms with van der Waals surface area (Å²) >= 11 is 6.33. The van der Waals surface area contributed by atoms with Gasteiger partial charge in [-0.1, -0.05) is 60.1 Å². The summed E-state index contributed by atoms with van der Waals surface area (Å²) in [7, 11) is 0. The van der Waals surface area contributed by atoms with E-state index in [1.807, 2.05) is 42.5 Å². The van der Waals surface area contributed by atoms with Crippen LogP contribution < -0.4 is 4.90 Å². The van der Waals surface area contributed by atoms with E-state index in [0.29, 0.717) is 5.75 Å². The van der Waals surface area contributed by atoms with Crippen LogP contribution in [0.2, 0.25) is 5.02 Å². The molecule has 4 heteroatoms. The second-order valence-corrected chi connectivity index (χ2v) is 7.33. The molecular weight excluding hydrogens is 356 g/mol. The molecule has 27 heavy (non-hydrogen) atoms. The summed E-state index contributed by atoms with van der Waals surface area (Å²) in [4.78, 5) is 4.72. The Kier molecular flexibility index (Phi) is 5.33. The number of piperazine rings is 1. The number of benzene rings is 3. The molecule has 0 aliphatic carbocycles. The fourth-order valence-electron chi connectivity index (χ4n) is 3.62. The lowest BCUT2D eigenvalue weighted by molar-refractivity contribution is 0.247. The van der Waals surface area contributed by atoms with Gasteiger partial charge in [-0.2, -0.15) is 0 Å². The lowest BCUT2D eigenvalue weighted by atomic mass is 10.0. The van der Waals surface area contributed by atoms with Crippen molar-refractivity contribution in [3.63, 3.8) is 0 Å². The molecule has 138 valence electrons. The Bertz CT molecular complexity index is 905. The van der Waals surface area contributed by atoms with Gasteiger partial charge in [0.15, 0.2) is 0 Å². The van der Waals surface area contributed by atoms with E-state index in [4.69, 9.17) is 11.6 Å². The largest absolute Gasteiger partial charge is 0.508 e. The van der Waals surface area contributed by atoms with E-state index in [1.165, 1.54) is 5.56 Å². The molecule has 3 aromatic rings. The van der Waals surface area contributed by atoms with Crippen LogP contribution in [0.25, 0.3) is 11.1 Å². The van der Waals surface area contributed by atoms with E-state index in [0.717, 1.165) is 54.6 Å². The van der Waals surface area contributed by atoms with E-state index in [2.05, 4.69) is 34.1 Å². The molecule has 0 saturated carbocycles. The Morgan fingerprint density at radius 3 is 2.22 bits per heavy atom. The first-order valence-electron chi connectivity index (χ1n) is 9.30. The Balaban J connectivity index is 1.44. The first kappa shape index (κ1) is 17.9. The molecular formula is C23H23ClN2O. The maximum atomic E-state index is 10.3. The molecule has 3 nitrogen and oxygen atoms in total. The van der Waals surface area contributed by atoms with Crippen molar-refractivity contribution in [1.82, 2.24) is 4.90 Å². The van der Waals surface area contributed by atoms with Crippen molar-refractivity contribution < 1.29 is 5.11 Å². The summed E-state index contributed by atoms with van der Waals surface area (Å²) in [5.41, 5.74) is 4.38. The predicted molar refractivity (Wildman–Crippen MR) is 112 cm³/mol. The highest BCUT2D eigenvalue weighted by molar-refractivity contribution is 6.33. The molecule has 1 saturated heterocycles. The Labute approximate surface area is 165 Å². The van der Waals surface area contributed by atoms with E-state index >= 15 is 0 Å². The third kappa shape index (κ3) is 4.10. The molecule has 0 atom stereocenters. The molecule has 3 aromatic carbocycles. The molecule has 0 bridgehead atoms. The first-order chi connectivity index (χ1) is 13.2. The lowest BCUT2D eigenvalue weighted by Gasteiger charge is -2.36. The van der Waals surface area contributed by atoms with Crippen LogP contribution in [0.1, 0.15) is 5.56 Å². The second-order valence-electron chi connectivity index (χ2n) is 6.92. The average molecular weight is 379 g/mol. The van der Waals surface area contributed by atoms with Crippen LogP contribution in [0.3, 0.4) is 0 Å². The number of nitrogens with zero attached hydrogens (tertiary/aromatic N) is 2. The number of para-hydroxylation sites is 1. The highest BCUT2D eigenvalue weighted by Gasteiger charge is 2.19. The average Bonchev–Trinajstić information content (AvgIpc) is 2.71. The minimum atomic E-state index is 0.364. The van der Waals surface area contributed by atoms with Gasteiger partial charge in [-0.3, -0.25) is 4.90 Å². The molecule has 0 amide bonds. The molecule has 0 spiro atoms. The van der Waals surface area contributed by atoms with Crippen molar-refractivity contribution in [2.45, 2.75) is 6.54 Å². The second kappa shape index (κ2) is 8.03. The molecule has 1 fully saturated rings. The number of anilines is 1. The van der Waals surface area contributed by atoms with Crippen molar-refractivity contribution in [3.8, 4) is 16.9 Å². The van der Waals surface area contributed by atoms with Crippen LogP contribution in [-0.2, 0) is 6.54 Å². The van der Waals surface area contributed by atoms with Gasteiger partial charge in [0.25, 0.3) is 0 Å². The number of rotatable bonds is 4. The van der Waals surface area contributed by atoms with E-state index in [1.54, 1.807) is 6.07 Å². The smallest absolute Gasteiger partial charge is 0.120 e. The number of phenolic OH excluding ortho intramolecular Hbond substituents is 1. The summed E-state index contributed by atoms with van der Waals surface area (Å²) < 4.78 is 0. The summed E-state index contributed by atoms with van der Waals surface area (Å²) in [6.45, 7) is 4.51. The highest BCUT2D eigenvalue weighted by Crippen LogP contribution is 2.29. The van der Waals surface area contributed by atoms with Gasteiger partial charge in [-0.05, 0) is 35.4 Å². The normalized spacial score (nSPS) is 15.1. The maximum absolute atomic E-state index is 10.3. The van der Waals surface area contributed by atoms with Crippen molar-refractivity contribution >= 4 is 17.3 Å². The molecule has 1 heterocycles. The van der Waals surface area contributed by atoms with Crippen molar-refractivity contribution in [3.05, 3.63) is 83.4 Å². The van der Waals surface area contributed by atoms with Gasteiger partial charge in [-0.15, -0.1) is 0 Å². The number of halogens is 1. The zero-order valence-electron chi connectivity index (χ0n) is 15.2. The highest BCUT2D eigenvalue weighted by atomic mass is 35.5. The maximum Gasteiger partial charge on any atom is 0.120 e. The summed E-state index contributed by atoms with van der Waals surface area (Å²) in [5, 5.41) is 11.1. The predicted octanol–water partition coefficient (Wildman–Crippen LogP) is 5.03. The molecule has 0 radical (unpaired) electrons. The van der Waals surface area contributed by atoms with Crippen LogP contribution in [0.15, 0.2) is 72.8 Å². The van der Waals surface area contributed by atoms with Crippen LogP contribution >= 0.6 is 11.6 Å². The van der Waals surface area contributed by atoms with Gasteiger partial charge >= 0.3 is 0 Å². The quantitative estimate of drug-likeness (QED) is 0.689. The minimum Gasteiger partial charge on any atom is -0.508 e. The Morgan fingerprint density at radius 2 is 1.48 bits per heavy atom. The minimum absolute atomic E-state index is 0.364. The van der Waals surface area contributed by atoms with Gasteiger partial charge in [-0.25, -0.2) is 0 Å². The molecule has 1 aliphatic heterocycles. The Morgan fingerprint density at radius 1 is 0.778 bits per heavy atom.